The minimum atomic E-state index is -0.295. The molecule has 1 fully saturated rings. The zero-order valence-corrected chi connectivity index (χ0v) is 9.99. The Balaban J connectivity index is 2.14. The second-order valence-electron chi connectivity index (χ2n) is 4.40. The third-order valence-electron chi connectivity index (χ3n) is 2.93. The van der Waals surface area contributed by atoms with E-state index in [0.717, 1.165) is 18.4 Å². The van der Waals surface area contributed by atoms with Crippen molar-refractivity contribution in [3.63, 3.8) is 0 Å². The van der Waals surface area contributed by atoms with Gasteiger partial charge in [-0.15, -0.1) is 0 Å². The van der Waals surface area contributed by atoms with Crippen LogP contribution < -0.4 is 10.5 Å². The van der Waals surface area contributed by atoms with Crippen molar-refractivity contribution in [3.05, 3.63) is 29.6 Å². The second-order valence-corrected chi connectivity index (χ2v) is 4.40. The Kier molecular flexibility index (Phi) is 3.97. The molecule has 2 N–H and O–H groups in total. The summed E-state index contributed by atoms with van der Waals surface area (Å²) in [6.45, 7) is 3.27. The molecule has 2 rings (SSSR count). The van der Waals surface area contributed by atoms with Gasteiger partial charge in [0, 0.05) is 30.5 Å². The van der Waals surface area contributed by atoms with Crippen LogP contribution in [-0.4, -0.2) is 19.3 Å². The van der Waals surface area contributed by atoms with Gasteiger partial charge < -0.3 is 15.2 Å². The fourth-order valence-corrected chi connectivity index (χ4v) is 1.96. The summed E-state index contributed by atoms with van der Waals surface area (Å²) < 4.78 is 24.3. The first kappa shape index (κ1) is 12.3. The van der Waals surface area contributed by atoms with Gasteiger partial charge in [-0.1, -0.05) is 6.07 Å². The molecule has 1 atom stereocenters. The Morgan fingerprint density at radius 1 is 1.41 bits per heavy atom. The molecule has 4 heteroatoms. The maximum absolute atomic E-state index is 13.2. The second kappa shape index (κ2) is 5.47. The number of halogens is 1. The number of ether oxygens (including phenoxy) is 2. The van der Waals surface area contributed by atoms with E-state index in [9.17, 15) is 4.39 Å². The van der Waals surface area contributed by atoms with Gasteiger partial charge in [-0.3, -0.25) is 0 Å². The predicted octanol–water partition coefficient (Wildman–Crippen LogP) is 2.40. The van der Waals surface area contributed by atoms with Gasteiger partial charge in [0.15, 0.2) is 0 Å². The van der Waals surface area contributed by atoms with Crippen LogP contribution >= 0.6 is 0 Å². The molecule has 0 radical (unpaired) electrons. The van der Waals surface area contributed by atoms with Crippen LogP contribution in [0.4, 0.5) is 4.39 Å². The lowest BCUT2D eigenvalue weighted by molar-refractivity contribution is 0.0250. The van der Waals surface area contributed by atoms with Gasteiger partial charge in [-0.2, -0.15) is 0 Å². The van der Waals surface area contributed by atoms with E-state index in [1.54, 1.807) is 6.07 Å². The molecule has 1 aliphatic rings. The molecule has 1 aromatic rings. The normalized spacial score (nSPS) is 19.0. The van der Waals surface area contributed by atoms with E-state index in [4.69, 9.17) is 15.2 Å². The molecular weight excluding hydrogens is 221 g/mol. The highest BCUT2D eigenvalue weighted by atomic mass is 19.1. The van der Waals surface area contributed by atoms with Gasteiger partial charge in [-0.05, 0) is 13.0 Å². The van der Waals surface area contributed by atoms with Gasteiger partial charge in [-0.25, -0.2) is 4.39 Å². The Morgan fingerprint density at radius 3 is 2.76 bits per heavy atom. The standard InChI is InChI=1S/C13H18FNO2/c1-9(15)12-3-2-10(14)8-13(12)17-11-4-6-16-7-5-11/h2-3,8-9,11H,4-7,15H2,1H3. The summed E-state index contributed by atoms with van der Waals surface area (Å²) in [7, 11) is 0. The Labute approximate surface area is 101 Å². The molecule has 1 saturated heterocycles. The van der Waals surface area contributed by atoms with Crippen LogP contribution in [0, 0.1) is 5.82 Å². The van der Waals surface area contributed by atoms with Gasteiger partial charge in [0.05, 0.1) is 13.2 Å². The lowest BCUT2D eigenvalue weighted by Gasteiger charge is -2.25. The number of benzene rings is 1. The van der Waals surface area contributed by atoms with Crippen molar-refractivity contribution < 1.29 is 13.9 Å². The Bertz CT molecular complexity index is 376. The van der Waals surface area contributed by atoms with Crippen molar-refractivity contribution >= 4 is 0 Å². The molecule has 1 heterocycles. The van der Waals surface area contributed by atoms with E-state index in [0.29, 0.717) is 19.0 Å². The van der Waals surface area contributed by atoms with E-state index in [1.807, 2.05) is 6.92 Å². The minimum Gasteiger partial charge on any atom is -0.490 e. The van der Waals surface area contributed by atoms with Crippen LogP contribution in [0.5, 0.6) is 5.75 Å². The summed E-state index contributed by atoms with van der Waals surface area (Å²) in [5.41, 5.74) is 6.69. The van der Waals surface area contributed by atoms with Gasteiger partial charge in [0.25, 0.3) is 0 Å². The van der Waals surface area contributed by atoms with E-state index >= 15 is 0 Å². The molecule has 17 heavy (non-hydrogen) atoms. The molecule has 0 spiro atoms. The lowest BCUT2D eigenvalue weighted by atomic mass is 10.1. The largest absolute Gasteiger partial charge is 0.490 e. The molecular formula is C13H18FNO2. The quantitative estimate of drug-likeness (QED) is 0.881. The first-order valence-electron chi connectivity index (χ1n) is 5.96. The molecule has 94 valence electrons. The van der Waals surface area contributed by atoms with E-state index < -0.39 is 0 Å². The van der Waals surface area contributed by atoms with Gasteiger partial charge >= 0.3 is 0 Å². The van der Waals surface area contributed by atoms with Crippen LogP contribution in [0.2, 0.25) is 0 Å². The summed E-state index contributed by atoms with van der Waals surface area (Å²) in [4.78, 5) is 0. The summed E-state index contributed by atoms with van der Waals surface area (Å²) >= 11 is 0. The van der Waals surface area contributed by atoms with E-state index in [2.05, 4.69) is 0 Å². The average molecular weight is 239 g/mol. The highest BCUT2D eigenvalue weighted by molar-refractivity contribution is 5.36. The summed E-state index contributed by atoms with van der Waals surface area (Å²) in [5, 5.41) is 0. The number of hydrogen-bond donors (Lipinski definition) is 1. The minimum absolute atomic E-state index is 0.100. The zero-order chi connectivity index (χ0) is 12.3. The third kappa shape index (κ3) is 3.17. The van der Waals surface area contributed by atoms with Crippen molar-refractivity contribution in [2.75, 3.05) is 13.2 Å². The first-order valence-corrected chi connectivity index (χ1v) is 5.96. The fraction of sp³-hybridized carbons (Fsp3) is 0.538. The number of hydrogen-bond acceptors (Lipinski definition) is 3. The highest BCUT2D eigenvalue weighted by Crippen LogP contribution is 2.27. The van der Waals surface area contributed by atoms with Crippen LogP contribution in [0.15, 0.2) is 18.2 Å². The van der Waals surface area contributed by atoms with Crippen molar-refractivity contribution in [2.45, 2.75) is 31.9 Å². The molecule has 0 saturated carbocycles. The number of rotatable bonds is 3. The summed E-state index contributed by atoms with van der Waals surface area (Å²) in [6, 6.07) is 4.35. The van der Waals surface area contributed by atoms with E-state index in [-0.39, 0.29) is 18.0 Å². The van der Waals surface area contributed by atoms with Crippen LogP contribution in [0.25, 0.3) is 0 Å². The maximum Gasteiger partial charge on any atom is 0.127 e. The van der Waals surface area contributed by atoms with Crippen LogP contribution in [0.3, 0.4) is 0 Å². The van der Waals surface area contributed by atoms with Crippen LogP contribution in [-0.2, 0) is 4.74 Å². The monoisotopic (exact) mass is 239 g/mol. The van der Waals surface area contributed by atoms with Crippen LogP contribution in [0.1, 0.15) is 31.4 Å². The molecule has 0 bridgehead atoms. The van der Waals surface area contributed by atoms with Crippen molar-refractivity contribution in [2.24, 2.45) is 5.73 Å². The molecule has 0 amide bonds. The lowest BCUT2D eigenvalue weighted by Crippen LogP contribution is -2.26. The predicted molar refractivity (Wildman–Crippen MR) is 63.5 cm³/mol. The SMILES string of the molecule is CC(N)c1ccc(F)cc1OC1CCOCC1. The van der Waals surface area contributed by atoms with Crippen molar-refractivity contribution in [1.29, 1.82) is 0 Å². The Hall–Kier alpha value is -1.13. The summed E-state index contributed by atoms with van der Waals surface area (Å²) in [6.07, 6.45) is 1.78. The highest BCUT2D eigenvalue weighted by Gasteiger charge is 2.18. The fourth-order valence-electron chi connectivity index (χ4n) is 1.96. The molecule has 1 aliphatic heterocycles. The molecule has 1 aromatic carbocycles. The topological polar surface area (TPSA) is 44.5 Å². The average Bonchev–Trinajstić information content (AvgIpc) is 2.30. The van der Waals surface area contributed by atoms with Gasteiger partial charge in [0.1, 0.15) is 17.7 Å². The molecule has 0 aliphatic carbocycles. The van der Waals surface area contributed by atoms with Crippen molar-refractivity contribution in [3.8, 4) is 5.75 Å². The zero-order valence-electron chi connectivity index (χ0n) is 9.99. The third-order valence-corrected chi connectivity index (χ3v) is 2.93. The van der Waals surface area contributed by atoms with Crippen molar-refractivity contribution in [1.82, 2.24) is 0 Å². The number of nitrogens with two attached hydrogens (primary N) is 1. The van der Waals surface area contributed by atoms with E-state index in [1.165, 1.54) is 12.1 Å². The maximum atomic E-state index is 13.2. The molecule has 1 unspecified atom stereocenters. The summed E-state index contributed by atoms with van der Waals surface area (Å²) in [5.74, 6) is 0.267. The smallest absolute Gasteiger partial charge is 0.127 e. The molecule has 3 nitrogen and oxygen atoms in total. The molecule has 0 aromatic heterocycles. The van der Waals surface area contributed by atoms with Gasteiger partial charge in [0.2, 0.25) is 0 Å². The Morgan fingerprint density at radius 2 is 2.12 bits per heavy atom. The first-order chi connectivity index (χ1) is 8.16.